The first-order valence-corrected chi connectivity index (χ1v) is 7.87. The number of alkyl halides is 2. The maximum absolute atomic E-state index is 12.4. The Morgan fingerprint density at radius 1 is 1.43 bits per heavy atom. The van der Waals surface area contributed by atoms with Gasteiger partial charge in [0.15, 0.2) is 0 Å². The minimum atomic E-state index is -2.57. The summed E-state index contributed by atoms with van der Waals surface area (Å²) < 4.78 is 29.3. The Balaban J connectivity index is 1.65. The first-order chi connectivity index (χ1) is 11.1. The van der Waals surface area contributed by atoms with Gasteiger partial charge in [-0.2, -0.15) is 0 Å². The van der Waals surface area contributed by atoms with Crippen molar-refractivity contribution in [3.05, 3.63) is 24.0 Å². The van der Waals surface area contributed by atoms with Crippen molar-refractivity contribution in [1.82, 2.24) is 10.3 Å². The van der Waals surface area contributed by atoms with Crippen LogP contribution < -0.4 is 10.1 Å². The lowest BCUT2D eigenvalue weighted by Gasteiger charge is -2.30. The van der Waals surface area contributed by atoms with Crippen LogP contribution in [0.2, 0.25) is 0 Å². The summed E-state index contributed by atoms with van der Waals surface area (Å²) in [7, 11) is 0. The number of amides is 1. The number of aromatic nitrogens is 1. The van der Waals surface area contributed by atoms with E-state index in [0.29, 0.717) is 11.8 Å². The third-order valence-corrected chi connectivity index (χ3v) is 4.94. The number of rotatable bonds is 6. The highest BCUT2D eigenvalue weighted by Crippen LogP contribution is 2.48. The van der Waals surface area contributed by atoms with Crippen LogP contribution in [0.3, 0.4) is 0 Å². The normalized spacial score (nSPS) is 29.0. The number of aliphatic hydroxyl groups excluding tert-OH is 1. The summed E-state index contributed by atoms with van der Waals surface area (Å²) in [4.78, 5) is 16.3. The second-order valence-corrected chi connectivity index (χ2v) is 6.26. The molecule has 2 bridgehead atoms. The van der Waals surface area contributed by atoms with Crippen LogP contribution in [-0.4, -0.2) is 41.7 Å². The van der Waals surface area contributed by atoms with Crippen LogP contribution in [0.5, 0.6) is 5.75 Å². The molecule has 4 unspecified atom stereocenters. The maximum Gasteiger partial charge on any atom is 0.272 e. The average molecular weight is 326 g/mol. The molecule has 1 aromatic heterocycles. The Bertz CT molecular complexity index is 570. The monoisotopic (exact) mass is 326 g/mol. The van der Waals surface area contributed by atoms with Gasteiger partial charge in [-0.15, -0.1) is 0 Å². The number of carbonyl (C=O) groups excluding carboxylic acids is 1. The summed E-state index contributed by atoms with van der Waals surface area (Å²) >= 11 is 0. The van der Waals surface area contributed by atoms with Gasteiger partial charge in [-0.05, 0) is 37.2 Å². The van der Waals surface area contributed by atoms with Gasteiger partial charge in [0, 0.05) is 30.8 Å². The van der Waals surface area contributed by atoms with Crippen molar-refractivity contribution in [2.75, 3.05) is 13.2 Å². The molecule has 1 heterocycles. The molecule has 2 aliphatic rings. The number of nitrogens with one attached hydrogen (secondary N) is 1. The number of fused-ring (bicyclic) bond motifs is 2. The summed E-state index contributed by atoms with van der Waals surface area (Å²) in [6, 6.07) is 2.75. The maximum atomic E-state index is 12.4. The van der Waals surface area contributed by atoms with Gasteiger partial charge in [0.2, 0.25) is 0 Å². The van der Waals surface area contributed by atoms with E-state index in [9.17, 15) is 18.7 Å². The Kier molecular flexibility index (Phi) is 4.75. The molecule has 0 spiro atoms. The fourth-order valence-corrected chi connectivity index (χ4v) is 3.91. The molecule has 126 valence electrons. The van der Waals surface area contributed by atoms with Crippen molar-refractivity contribution >= 4 is 5.91 Å². The number of ether oxygens (including phenoxy) is 1. The molecule has 2 fully saturated rings. The number of hydrogen-bond donors (Lipinski definition) is 2. The van der Waals surface area contributed by atoms with E-state index < -0.39 is 13.0 Å². The number of nitrogens with zero attached hydrogens (tertiary/aromatic N) is 1. The van der Waals surface area contributed by atoms with Crippen molar-refractivity contribution in [3.8, 4) is 5.75 Å². The van der Waals surface area contributed by atoms with Crippen LogP contribution >= 0.6 is 0 Å². The molecule has 0 radical (unpaired) electrons. The number of halogens is 2. The molecule has 2 saturated carbocycles. The van der Waals surface area contributed by atoms with Gasteiger partial charge in [0.1, 0.15) is 18.1 Å². The Morgan fingerprint density at radius 3 is 2.96 bits per heavy atom. The topological polar surface area (TPSA) is 71.5 Å². The highest BCUT2D eigenvalue weighted by molar-refractivity contribution is 5.92. The van der Waals surface area contributed by atoms with Gasteiger partial charge in [0.05, 0.1) is 0 Å². The van der Waals surface area contributed by atoms with Crippen molar-refractivity contribution in [1.29, 1.82) is 0 Å². The fourth-order valence-electron chi connectivity index (χ4n) is 3.91. The van der Waals surface area contributed by atoms with E-state index in [-0.39, 0.29) is 35.9 Å². The standard InChI is InChI=1S/C16H20F2N2O3/c17-14(18)8-23-11-3-4-19-13(6-11)16(22)20-15-10-2-1-9(5-10)12(15)7-21/h3-4,6,9-10,12,14-15,21H,1-2,5,7-8H2,(H,20,22). The second kappa shape index (κ2) is 6.78. The predicted molar refractivity (Wildman–Crippen MR) is 78.4 cm³/mol. The number of hydrogen-bond acceptors (Lipinski definition) is 4. The molecule has 7 heteroatoms. The van der Waals surface area contributed by atoms with Gasteiger partial charge in [-0.1, -0.05) is 0 Å². The van der Waals surface area contributed by atoms with Crippen LogP contribution in [0, 0.1) is 17.8 Å². The van der Waals surface area contributed by atoms with Gasteiger partial charge in [-0.25, -0.2) is 8.78 Å². The zero-order valence-corrected chi connectivity index (χ0v) is 12.6. The molecule has 4 atom stereocenters. The highest BCUT2D eigenvalue weighted by atomic mass is 19.3. The number of aliphatic hydroxyl groups is 1. The predicted octanol–water partition coefficient (Wildman–Crippen LogP) is 1.86. The van der Waals surface area contributed by atoms with Crippen LogP contribution in [0.15, 0.2) is 18.3 Å². The van der Waals surface area contributed by atoms with Crippen LogP contribution in [-0.2, 0) is 0 Å². The third kappa shape index (κ3) is 3.44. The van der Waals surface area contributed by atoms with Crippen molar-refractivity contribution in [2.24, 2.45) is 17.8 Å². The van der Waals surface area contributed by atoms with Crippen molar-refractivity contribution < 1.29 is 23.4 Å². The molecule has 1 aromatic rings. The largest absolute Gasteiger partial charge is 0.488 e. The average Bonchev–Trinajstić information content (AvgIpc) is 3.14. The molecule has 23 heavy (non-hydrogen) atoms. The van der Waals surface area contributed by atoms with Gasteiger partial charge < -0.3 is 15.2 Å². The minimum absolute atomic E-state index is 0.0429. The van der Waals surface area contributed by atoms with Gasteiger partial charge in [-0.3, -0.25) is 9.78 Å². The molecule has 5 nitrogen and oxygen atoms in total. The Morgan fingerprint density at radius 2 is 2.22 bits per heavy atom. The summed E-state index contributed by atoms with van der Waals surface area (Å²) in [5.74, 6) is 0.805. The zero-order chi connectivity index (χ0) is 16.4. The van der Waals surface area contributed by atoms with E-state index in [1.165, 1.54) is 18.3 Å². The van der Waals surface area contributed by atoms with Crippen LogP contribution in [0.4, 0.5) is 8.78 Å². The lowest BCUT2D eigenvalue weighted by Crippen LogP contribution is -2.45. The molecule has 2 aliphatic carbocycles. The molecule has 1 amide bonds. The molecule has 0 saturated heterocycles. The SMILES string of the molecule is O=C(NC1C2CCC(C2)C1CO)c1cc(OCC(F)F)ccn1. The van der Waals surface area contributed by atoms with Gasteiger partial charge in [0.25, 0.3) is 12.3 Å². The van der Waals surface area contributed by atoms with Crippen LogP contribution in [0.25, 0.3) is 0 Å². The number of carbonyl (C=O) groups is 1. The second-order valence-electron chi connectivity index (χ2n) is 6.26. The van der Waals surface area contributed by atoms with E-state index >= 15 is 0 Å². The number of pyridine rings is 1. The van der Waals surface area contributed by atoms with E-state index in [2.05, 4.69) is 10.3 Å². The quantitative estimate of drug-likeness (QED) is 0.837. The smallest absolute Gasteiger partial charge is 0.272 e. The summed E-state index contributed by atoms with van der Waals surface area (Å²) in [5, 5.41) is 12.5. The van der Waals surface area contributed by atoms with E-state index in [4.69, 9.17) is 4.74 Å². The third-order valence-electron chi connectivity index (χ3n) is 4.94. The summed E-state index contributed by atoms with van der Waals surface area (Å²) in [5.41, 5.74) is 0.135. The highest BCUT2D eigenvalue weighted by Gasteiger charge is 2.47. The Labute approximate surface area is 133 Å². The van der Waals surface area contributed by atoms with E-state index in [0.717, 1.165) is 19.3 Å². The van der Waals surface area contributed by atoms with E-state index in [1.807, 2.05) is 0 Å². The lowest BCUT2D eigenvalue weighted by atomic mass is 9.85. The fraction of sp³-hybridized carbons (Fsp3) is 0.625. The zero-order valence-electron chi connectivity index (χ0n) is 12.6. The molecule has 3 rings (SSSR count). The minimum Gasteiger partial charge on any atom is -0.488 e. The molecule has 0 aromatic carbocycles. The van der Waals surface area contributed by atoms with Gasteiger partial charge >= 0.3 is 0 Å². The molecule has 2 N–H and O–H groups in total. The molecule has 0 aliphatic heterocycles. The van der Waals surface area contributed by atoms with Crippen LogP contribution in [0.1, 0.15) is 29.8 Å². The van der Waals surface area contributed by atoms with Crippen molar-refractivity contribution in [3.63, 3.8) is 0 Å². The molecular weight excluding hydrogens is 306 g/mol. The summed E-state index contributed by atoms with van der Waals surface area (Å²) in [6.45, 7) is -0.652. The van der Waals surface area contributed by atoms with E-state index in [1.54, 1.807) is 0 Å². The first kappa shape index (κ1) is 16.1. The molecular formula is C16H20F2N2O3. The first-order valence-electron chi connectivity index (χ1n) is 7.87. The van der Waals surface area contributed by atoms with Crippen molar-refractivity contribution in [2.45, 2.75) is 31.7 Å². The summed E-state index contributed by atoms with van der Waals surface area (Å²) in [6.07, 6.45) is 2.01. The Hall–Kier alpha value is -1.76. The lowest BCUT2D eigenvalue weighted by molar-refractivity contribution is 0.0814.